The largest absolute Gasteiger partial charge is 0.242 e. The summed E-state index contributed by atoms with van der Waals surface area (Å²) in [4.78, 5) is 6.60. The summed E-state index contributed by atoms with van der Waals surface area (Å²) in [6, 6.07) is 0. The van der Waals surface area contributed by atoms with Crippen LogP contribution < -0.4 is 0 Å². The van der Waals surface area contributed by atoms with Gasteiger partial charge in [0.2, 0.25) is 0 Å². The van der Waals surface area contributed by atoms with Gasteiger partial charge in [-0.2, -0.15) is 0 Å². The molecule has 1 rings (SSSR count). The maximum atomic E-state index is 12.0. The Hall–Kier alpha value is -0.990. The van der Waals surface area contributed by atoms with Crippen LogP contribution in [0, 0.1) is 5.82 Å². The third-order valence-electron chi connectivity index (χ3n) is 0.484. The van der Waals surface area contributed by atoms with Gasteiger partial charge in [0.05, 0.1) is 13.7 Å². The Kier molecular flexibility index (Phi) is 0.719. The van der Waals surface area contributed by atoms with Crippen molar-refractivity contribution in [1.82, 2.24) is 9.97 Å². The van der Waals surface area contributed by atoms with Gasteiger partial charge in [-0.15, -0.1) is 0 Å². The molecule has 0 aliphatic rings. The Morgan fingerprint density at radius 1 is 1.71 bits per heavy atom. The van der Waals surface area contributed by atoms with E-state index < -0.39 is 5.82 Å². The van der Waals surface area contributed by atoms with Crippen molar-refractivity contribution in [3.63, 3.8) is 0 Å². The normalized spacial score (nSPS) is 10.7. The zero-order valence-corrected chi connectivity index (χ0v) is 3.43. The van der Waals surface area contributed by atoms with E-state index >= 15 is 0 Å². The second kappa shape index (κ2) is 1.64. The van der Waals surface area contributed by atoms with Gasteiger partial charge >= 0.3 is 0 Å². The van der Waals surface area contributed by atoms with Crippen LogP contribution in [0.5, 0.6) is 0 Å². The second-order valence-electron chi connectivity index (χ2n) is 0.982. The lowest BCUT2D eigenvalue weighted by atomic mass is 10.7. The summed E-state index contributed by atoms with van der Waals surface area (Å²) >= 11 is 0. The Morgan fingerprint density at radius 3 is 3.00 bits per heavy atom. The number of halogens is 1. The first-order chi connectivity index (χ1) is 3.80. The Labute approximate surface area is 41.4 Å². The molecule has 1 aromatic rings. The molecule has 0 aromatic carbocycles. The summed E-state index contributed by atoms with van der Waals surface area (Å²) in [5.41, 5.74) is 0. The topological polar surface area (TPSA) is 25.8 Å². The molecular weight excluding hydrogens is 95.1 g/mol. The van der Waals surface area contributed by atoms with E-state index in [1.54, 1.807) is 0 Å². The van der Waals surface area contributed by atoms with Gasteiger partial charge in [0.1, 0.15) is 6.33 Å². The van der Waals surface area contributed by atoms with Crippen molar-refractivity contribution in [3.8, 4) is 0 Å². The fourth-order valence-corrected chi connectivity index (χ4v) is 0.252. The van der Waals surface area contributed by atoms with Crippen LogP contribution in [0.1, 0.15) is 1.37 Å². The smallest absolute Gasteiger partial charge is 0.159 e. The van der Waals surface area contributed by atoms with Crippen LogP contribution in [0.3, 0.4) is 0 Å². The molecule has 0 aliphatic carbocycles. The second-order valence-corrected chi connectivity index (χ2v) is 0.982. The number of rotatable bonds is 0. The van der Waals surface area contributed by atoms with Gasteiger partial charge in [0.25, 0.3) is 0 Å². The molecule has 1 heterocycles. The highest BCUT2D eigenvalue weighted by Crippen LogP contribution is 1.84. The van der Waals surface area contributed by atoms with Crippen molar-refractivity contribution in [2.24, 2.45) is 0 Å². The Balaban J connectivity index is 3.13. The average Bonchev–Trinajstić information content (AvgIpc) is 1.77. The van der Waals surface area contributed by atoms with Crippen LogP contribution in [0.25, 0.3) is 0 Å². The van der Waals surface area contributed by atoms with Crippen molar-refractivity contribution in [2.45, 2.75) is 0 Å². The summed E-state index contributed by atoms with van der Waals surface area (Å²) in [7, 11) is 0. The van der Waals surface area contributed by atoms with Gasteiger partial charge in [-0.3, -0.25) is 0 Å². The van der Waals surface area contributed by atoms with E-state index in [1.807, 2.05) is 0 Å². The van der Waals surface area contributed by atoms with Gasteiger partial charge < -0.3 is 0 Å². The van der Waals surface area contributed by atoms with Crippen LogP contribution in [-0.4, -0.2) is 9.97 Å². The van der Waals surface area contributed by atoms with Crippen molar-refractivity contribution in [3.05, 3.63) is 24.5 Å². The lowest BCUT2D eigenvalue weighted by Gasteiger charge is -1.77. The molecule has 0 fully saturated rings. The Morgan fingerprint density at radius 2 is 2.57 bits per heavy atom. The maximum Gasteiger partial charge on any atom is 0.159 e. The zero-order valence-electron chi connectivity index (χ0n) is 4.43. The van der Waals surface area contributed by atoms with Crippen molar-refractivity contribution in [1.29, 1.82) is 0 Å². The molecule has 0 N–H and O–H groups in total. The summed E-state index contributed by atoms with van der Waals surface area (Å²) in [6.45, 7) is 0. The molecule has 0 bridgehead atoms. The molecule has 36 valence electrons. The molecule has 0 saturated heterocycles. The molecule has 2 nitrogen and oxygen atoms in total. The third kappa shape index (κ3) is 0.924. The highest BCUT2D eigenvalue weighted by atomic mass is 19.1. The minimum absolute atomic E-state index is 0.361. The average molecular weight is 99.1 g/mol. The standard InChI is InChI=1S/C4H3FN2/c5-4-1-6-3-7-2-4/h1-3H/i1D. The summed E-state index contributed by atoms with van der Waals surface area (Å²) < 4.78 is 18.7. The molecule has 7 heavy (non-hydrogen) atoms. The van der Waals surface area contributed by atoms with E-state index in [0.717, 1.165) is 12.5 Å². The monoisotopic (exact) mass is 99.0 g/mol. The van der Waals surface area contributed by atoms with E-state index in [2.05, 4.69) is 9.97 Å². The highest BCUT2D eigenvalue weighted by Gasteiger charge is 1.79. The molecule has 3 heteroatoms. The number of aromatic nitrogens is 2. The van der Waals surface area contributed by atoms with Crippen LogP contribution in [0.2, 0.25) is 0 Å². The van der Waals surface area contributed by atoms with Gasteiger partial charge in [-0.1, -0.05) is 0 Å². The Bertz CT molecular complexity index is 170. The van der Waals surface area contributed by atoms with Gasteiger partial charge in [-0.05, 0) is 0 Å². The van der Waals surface area contributed by atoms with Gasteiger partial charge in [0, 0.05) is 0 Å². The van der Waals surface area contributed by atoms with Crippen molar-refractivity contribution >= 4 is 0 Å². The number of hydrogen-bond acceptors (Lipinski definition) is 2. The number of nitrogens with zero attached hydrogens (tertiary/aromatic N) is 2. The minimum atomic E-state index is -0.687. The van der Waals surface area contributed by atoms with Gasteiger partial charge in [-0.25, -0.2) is 14.4 Å². The first-order valence-electron chi connectivity index (χ1n) is 2.23. The lowest BCUT2D eigenvalue weighted by Crippen LogP contribution is -1.76. The van der Waals surface area contributed by atoms with Crippen LogP contribution >= 0.6 is 0 Å². The third-order valence-corrected chi connectivity index (χ3v) is 0.484. The number of hydrogen-bond donors (Lipinski definition) is 0. The predicted octanol–water partition coefficient (Wildman–Crippen LogP) is 0.616. The molecule has 0 amide bonds. The SMILES string of the molecule is [2H]c1ncncc1F. The van der Waals surface area contributed by atoms with Crippen LogP contribution in [0.15, 0.2) is 18.7 Å². The molecule has 0 radical (unpaired) electrons. The van der Waals surface area contributed by atoms with E-state index in [-0.39, 0.29) is 6.17 Å². The fourth-order valence-electron chi connectivity index (χ4n) is 0.252. The van der Waals surface area contributed by atoms with E-state index in [4.69, 9.17) is 1.37 Å². The van der Waals surface area contributed by atoms with E-state index in [0.29, 0.717) is 0 Å². The molecule has 0 saturated carbocycles. The minimum Gasteiger partial charge on any atom is -0.242 e. The summed E-state index contributed by atoms with van der Waals surface area (Å²) in [5, 5.41) is 0. The summed E-state index contributed by atoms with van der Waals surface area (Å²) in [5.74, 6) is -0.687. The molecule has 0 aliphatic heterocycles. The van der Waals surface area contributed by atoms with Crippen molar-refractivity contribution in [2.75, 3.05) is 0 Å². The highest BCUT2D eigenvalue weighted by molar-refractivity contribution is 4.80. The molecule has 0 spiro atoms. The quantitative estimate of drug-likeness (QED) is 0.476. The van der Waals surface area contributed by atoms with Crippen LogP contribution in [-0.2, 0) is 0 Å². The zero-order chi connectivity index (χ0) is 5.98. The van der Waals surface area contributed by atoms with Crippen molar-refractivity contribution < 1.29 is 5.76 Å². The maximum absolute atomic E-state index is 12.0. The molecule has 1 aromatic heterocycles. The summed E-state index contributed by atoms with van der Waals surface area (Å²) in [6.07, 6.45) is 1.72. The molecule has 0 atom stereocenters. The first-order valence-corrected chi connectivity index (χ1v) is 1.73. The lowest BCUT2D eigenvalue weighted by molar-refractivity contribution is 0.613. The molecule has 0 unspecified atom stereocenters. The predicted molar refractivity (Wildman–Crippen MR) is 22.0 cm³/mol. The fraction of sp³-hybridized carbons (Fsp3) is 0. The van der Waals surface area contributed by atoms with E-state index in [9.17, 15) is 4.39 Å². The van der Waals surface area contributed by atoms with Crippen LogP contribution in [0.4, 0.5) is 4.39 Å². The molecular formula is C4H3FN2. The van der Waals surface area contributed by atoms with E-state index in [1.165, 1.54) is 0 Å². The first kappa shape index (κ1) is 3.07. The van der Waals surface area contributed by atoms with Gasteiger partial charge in [0.15, 0.2) is 5.82 Å².